The molecule has 0 aliphatic heterocycles. The van der Waals surface area contributed by atoms with Crippen LogP contribution in [0.3, 0.4) is 0 Å². The summed E-state index contributed by atoms with van der Waals surface area (Å²) in [6, 6.07) is 15.6. The molecule has 0 spiro atoms. The predicted octanol–water partition coefficient (Wildman–Crippen LogP) is 3.66. The highest BCUT2D eigenvalue weighted by molar-refractivity contribution is 7.30. The summed E-state index contributed by atoms with van der Waals surface area (Å²) in [5, 5.41) is 0. The number of rotatable bonds is 5. The van der Waals surface area contributed by atoms with Gasteiger partial charge in [-0.1, -0.05) is 54.6 Å². The highest BCUT2D eigenvalue weighted by Crippen LogP contribution is 2.31. The van der Waals surface area contributed by atoms with Crippen molar-refractivity contribution in [2.24, 2.45) is 4.99 Å². The first-order valence-electron chi connectivity index (χ1n) is 9.15. The summed E-state index contributed by atoms with van der Waals surface area (Å²) in [6.45, 7) is 2.01. The van der Waals surface area contributed by atoms with Crippen LogP contribution in [-0.4, -0.2) is 30.2 Å². The molecule has 1 atom stereocenters. The number of fused-ring (bicyclic) bond motifs is 2. The van der Waals surface area contributed by atoms with Crippen molar-refractivity contribution in [2.75, 3.05) is 6.61 Å². The summed E-state index contributed by atoms with van der Waals surface area (Å²) in [6.07, 6.45) is 0.386. The van der Waals surface area contributed by atoms with Crippen molar-refractivity contribution < 1.29 is 19.1 Å². The van der Waals surface area contributed by atoms with Crippen molar-refractivity contribution in [3.8, 4) is 0 Å². The zero-order valence-corrected chi connectivity index (χ0v) is 17.2. The number of ether oxygens (including phenoxy) is 1. The van der Waals surface area contributed by atoms with Crippen LogP contribution in [-0.2, 0) is 16.0 Å². The second-order valence-corrected chi connectivity index (χ2v) is 8.68. The van der Waals surface area contributed by atoms with Gasteiger partial charge in [0.15, 0.2) is 10.0 Å². The first kappa shape index (κ1) is 19.4. The molecule has 0 fully saturated rings. The van der Waals surface area contributed by atoms with Crippen LogP contribution in [0.5, 0.6) is 0 Å². The molecule has 0 radical (unpaired) electrons. The average Bonchev–Trinajstić information content (AvgIpc) is 3.17. The zero-order valence-electron chi connectivity index (χ0n) is 15.6. The molecule has 2 aromatic carbocycles. The lowest BCUT2D eigenvalue weighted by Crippen LogP contribution is -2.25. The molecule has 7 heteroatoms. The number of ketones is 2. The molecular weight excluding hydrogens is 406 g/mol. The third-order valence-electron chi connectivity index (χ3n) is 4.51. The summed E-state index contributed by atoms with van der Waals surface area (Å²) in [7, 11) is 0. The van der Waals surface area contributed by atoms with Gasteiger partial charge in [0.05, 0.1) is 16.4 Å². The van der Waals surface area contributed by atoms with Crippen LogP contribution in [0.1, 0.15) is 43.0 Å². The van der Waals surface area contributed by atoms with E-state index in [0.29, 0.717) is 31.3 Å². The van der Waals surface area contributed by atoms with Gasteiger partial charge in [0, 0.05) is 17.5 Å². The van der Waals surface area contributed by atoms with Crippen LogP contribution in [0.2, 0.25) is 0 Å². The van der Waals surface area contributed by atoms with E-state index in [1.807, 2.05) is 30.3 Å². The van der Waals surface area contributed by atoms with E-state index in [1.165, 1.54) is 0 Å². The van der Waals surface area contributed by atoms with Crippen molar-refractivity contribution >= 4 is 40.2 Å². The fourth-order valence-electron chi connectivity index (χ4n) is 3.15. The summed E-state index contributed by atoms with van der Waals surface area (Å²) in [5.41, 5.74) is 1.79. The Morgan fingerprint density at radius 2 is 1.48 bits per heavy atom. The second kappa shape index (κ2) is 8.23. The lowest BCUT2D eigenvalue weighted by atomic mass is 9.93. The van der Waals surface area contributed by atoms with Gasteiger partial charge in [-0.25, -0.2) is 9.79 Å². The Kier molecular flexibility index (Phi) is 5.51. The smallest absolute Gasteiger partial charge is 0.331 e. The quantitative estimate of drug-likeness (QED) is 0.459. The van der Waals surface area contributed by atoms with Gasteiger partial charge >= 0.3 is 5.97 Å². The van der Waals surface area contributed by atoms with Gasteiger partial charge in [0.2, 0.25) is 11.6 Å². The normalized spacial score (nSPS) is 13.4. The maximum atomic E-state index is 12.8. The van der Waals surface area contributed by atoms with Crippen molar-refractivity contribution in [2.45, 2.75) is 19.4 Å². The van der Waals surface area contributed by atoms with Crippen molar-refractivity contribution in [1.29, 1.82) is 0 Å². The number of hydrogen-bond donors (Lipinski definition) is 0. The molecule has 0 amide bonds. The Labute approximate surface area is 175 Å². The molecule has 4 rings (SSSR count). The standard InChI is InChI=1S/C22H17NO4S2/c1-2-27-21(26)16(12-13-8-4-3-5-9-13)23-22-28-19-17(24)14-10-6-7-11-15(14)18(25)20(19)29-22/h3-11,16H,2,12H2,1H3. The Morgan fingerprint density at radius 3 is 2.03 bits per heavy atom. The van der Waals surface area contributed by atoms with E-state index in [4.69, 9.17) is 4.74 Å². The van der Waals surface area contributed by atoms with Gasteiger partial charge in [-0.3, -0.25) is 9.59 Å². The Morgan fingerprint density at radius 1 is 0.931 bits per heavy atom. The highest BCUT2D eigenvalue weighted by Gasteiger charge is 2.32. The molecule has 1 aromatic heterocycles. The van der Waals surface area contributed by atoms with Crippen molar-refractivity contribution in [3.05, 3.63) is 85.0 Å². The van der Waals surface area contributed by atoms with Gasteiger partial charge in [-0.05, 0) is 12.5 Å². The van der Waals surface area contributed by atoms with Crippen LogP contribution in [0.4, 0.5) is 0 Å². The lowest BCUT2D eigenvalue weighted by molar-refractivity contribution is -0.144. The number of carbonyl (C=O) groups excluding carboxylic acids is 3. The molecular formula is C22H17NO4S2. The largest absolute Gasteiger partial charge is 0.464 e. The fraction of sp³-hybridized carbons (Fsp3) is 0.182. The molecule has 0 saturated carbocycles. The predicted molar refractivity (Wildman–Crippen MR) is 112 cm³/mol. The Balaban J connectivity index is 1.73. The van der Waals surface area contributed by atoms with E-state index in [2.05, 4.69) is 4.99 Å². The molecule has 1 unspecified atom stereocenters. The molecule has 146 valence electrons. The van der Waals surface area contributed by atoms with Gasteiger partial charge in [-0.15, -0.1) is 22.7 Å². The number of carbonyl (C=O) groups is 3. The average molecular weight is 424 g/mol. The van der Waals surface area contributed by atoms with Crippen LogP contribution in [0.25, 0.3) is 0 Å². The molecule has 0 N–H and O–H groups in total. The van der Waals surface area contributed by atoms with Crippen LogP contribution < -0.4 is 3.98 Å². The molecule has 3 aromatic rings. The molecule has 1 heterocycles. The van der Waals surface area contributed by atoms with E-state index >= 15 is 0 Å². The molecule has 1 aliphatic rings. The topological polar surface area (TPSA) is 72.8 Å². The minimum Gasteiger partial charge on any atom is -0.464 e. The fourth-order valence-corrected chi connectivity index (χ4v) is 5.55. The minimum atomic E-state index is -0.735. The summed E-state index contributed by atoms with van der Waals surface area (Å²) in [5.74, 6) is -0.766. The molecule has 1 aliphatic carbocycles. The van der Waals surface area contributed by atoms with Gasteiger partial charge in [0.25, 0.3) is 0 Å². The monoisotopic (exact) mass is 423 g/mol. The summed E-state index contributed by atoms with van der Waals surface area (Å²) >= 11 is 2.32. The summed E-state index contributed by atoms with van der Waals surface area (Å²) in [4.78, 5) is 43.4. The number of hydrogen-bond acceptors (Lipinski definition) is 7. The molecule has 5 nitrogen and oxygen atoms in total. The van der Waals surface area contributed by atoms with Gasteiger partial charge < -0.3 is 4.74 Å². The van der Waals surface area contributed by atoms with Crippen LogP contribution in [0.15, 0.2) is 59.6 Å². The molecule has 0 bridgehead atoms. The van der Waals surface area contributed by atoms with Crippen LogP contribution in [0, 0.1) is 0 Å². The molecule has 29 heavy (non-hydrogen) atoms. The third kappa shape index (κ3) is 3.83. The van der Waals surface area contributed by atoms with Crippen molar-refractivity contribution in [1.82, 2.24) is 0 Å². The lowest BCUT2D eigenvalue weighted by Gasteiger charge is -2.12. The number of nitrogens with zero attached hydrogens (tertiary/aromatic N) is 1. The first-order valence-corrected chi connectivity index (χ1v) is 10.8. The van der Waals surface area contributed by atoms with Gasteiger partial charge in [-0.2, -0.15) is 0 Å². The number of esters is 1. The number of benzene rings is 2. The molecule has 0 saturated heterocycles. The van der Waals surface area contributed by atoms with Gasteiger partial charge in [0.1, 0.15) is 0 Å². The van der Waals surface area contributed by atoms with Crippen molar-refractivity contribution in [3.63, 3.8) is 0 Å². The van der Waals surface area contributed by atoms with E-state index in [1.54, 1.807) is 31.2 Å². The first-order chi connectivity index (χ1) is 14.1. The zero-order chi connectivity index (χ0) is 20.4. The Hall–Kier alpha value is -2.90. The maximum Gasteiger partial charge on any atom is 0.331 e. The van der Waals surface area contributed by atoms with E-state index in [-0.39, 0.29) is 18.2 Å². The summed E-state index contributed by atoms with van der Waals surface area (Å²) < 4.78 is 5.70. The Bertz CT molecular complexity index is 1110. The second-order valence-electron chi connectivity index (χ2n) is 6.42. The highest BCUT2D eigenvalue weighted by atomic mass is 32.2. The third-order valence-corrected chi connectivity index (χ3v) is 6.88. The van der Waals surface area contributed by atoms with Crippen LogP contribution >= 0.6 is 22.7 Å². The van der Waals surface area contributed by atoms with E-state index < -0.39 is 12.0 Å². The minimum absolute atomic E-state index is 0.173. The van der Waals surface area contributed by atoms with E-state index in [9.17, 15) is 14.4 Å². The SMILES string of the molecule is CCOC(=O)C(Cc1ccccc1)N=c1sc2c(s1)C(=O)c1ccccc1C2=O. The maximum absolute atomic E-state index is 12.8. The van der Waals surface area contributed by atoms with E-state index in [0.717, 1.165) is 28.2 Å².